The Morgan fingerprint density at radius 2 is 0.952 bits per heavy atom. The third-order valence-corrected chi connectivity index (χ3v) is 7.15. The number of fused-ring (bicyclic) bond motifs is 2. The van der Waals surface area contributed by atoms with Gasteiger partial charge in [-0.3, -0.25) is 9.59 Å². The fraction of sp³-hybridized carbons (Fsp3) is 0.167. The van der Waals surface area contributed by atoms with E-state index in [9.17, 15) is 9.59 Å². The second-order valence-electron chi connectivity index (χ2n) is 9.91. The fourth-order valence-corrected chi connectivity index (χ4v) is 5.14. The van der Waals surface area contributed by atoms with E-state index >= 15 is 0 Å². The average Bonchev–Trinajstić information content (AvgIpc) is 3.02. The van der Waals surface area contributed by atoms with Crippen LogP contribution in [-0.2, 0) is 22.3 Å². The van der Waals surface area contributed by atoms with E-state index in [1.807, 2.05) is 60.7 Å². The van der Waals surface area contributed by atoms with Crippen molar-refractivity contribution >= 4 is 34.3 Å². The van der Waals surface area contributed by atoms with E-state index in [1.54, 1.807) is 36.4 Å². The summed E-state index contributed by atoms with van der Waals surface area (Å²) < 4.78 is 11.2. The molecular formula is C36H34N2O4. The Morgan fingerprint density at radius 1 is 0.548 bits per heavy atom. The van der Waals surface area contributed by atoms with Crippen molar-refractivity contribution < 1.29 is 19.1 Å². The normalized spacial score (nSPS) is 11.9. The molecular weight excluding hydrogens is 524 g/mol. The molecule has 6 heteroatoms. The topological polar surface area (TPSA) is 76.7 Å². The number of anilines is 4. The zero-order valence-electron chi connectivity index (χ0n) is 23.5. The molecule has 2 N–H and O–H groups in total. The second-order valence-corrected chi connectivity index (χ2v) is 9.91. The molecule has 5 rings (SSSR count). The van der Waals surface area contributed by atoms with Crippen LogP contribution in [0.3, 0.4) is 0 Å². The first-order valence-electron chi connectivity index (χ1n) is 14.0. The highest BCUT2D eigenvalue weighted by Gasteiger charge is 2.34. The lowest BCUT2D eigenvalue weighted by molar-refractivity contribution is 0.0980. The number of benzene rings is 4. The molecule has 1 aliphatic carbocycles. The third kappa shape index (κ3) is 6.25. The van der Waals surface area contributed by atoms with E-state index in [0.29, 0.717) is 72.9 Å². The van der Waals surface area contributed by atoms with Gasteiger partial charge in [-0.15, -0.1) is 13.2 Å². The average molecular weight is 559 g/mol. The molecule has 0 spiro atoms. The van der Waals surface area contributed by atoms with Crippen molar-refractivity contribution in [1.82, 2.24) is 0 Å². The summed E-state index contributed by atoms with van der Waals surface area (Å²) in [5.74, 6) is -0.381. The van der Waals surface area contributed by atoms with Crippen molar-refractivity contribution in [1.29, 1.82) is 0 Å². The van der Waals surface area contributed by atoms with Crippen molar-refractivity contribution in [3.63, 3.8) is 0 Å². The van der Waals surface area contributed by atoms with Crippen LogP contribution in [0.2, 0.25) is 0 Å². The van der Waals surface area contributed by atoms with Crippen molar-refractivity contribution in [2.45, 2.75) is 12.8 Å². The molecule has 0 saturated heterocycles. The van der Waals surface area contributed by atoms with Gasteiger partial charge in [-0.05, 0) is 48.2 Å². The Kier molecular flexibility index (Phi) is 9.39. The predicted molar refractivity (Wildman–Crippen MR) is 169 cm³/mol. The van der Waals surface area contributed by atoms with E-state index in [1.165, 1.54) is 0 Å². The molecule has 0 radical (unpaired) electrons. The van der Waals surface area contributed by atoms with Crippen LogP contribution in [0.5, 0.6) is 0 Å². The minimum absolute atomic E-state index is 0.191. The lowest BCUT2D eigenvalue weighted by atomic mass is 9.82. The molecule has 6 nitrogen and oxygen atoms in total. The summed E-state index contributed by atoms with van der Waals surface area (Å²) in [6, 6.07) is 26.5. The van der Waals surface area contributed by atoms with Gasteiger partial charge in [0.05, 0.1) is 48.9 Å². The van der Waals surface area contributed by atoms with Crippen LogP contribution in [0.15, 0.2) is 110 Å². The molecule has 212 valence electrons. The molecule has 0 unspecified atom stereocenters. The minimum atomic E-state index is -0.191. The van der Waals surface area contributed by atoms with Crippen molar-refractivity contribution in [3.05, 3.63) is 144 Å². The van der Waals surface area contributed by atoms with Crippen molar-refractivity contribution in [3.8, 4) is 0 Å². The van der Waals surface area contributed by atoms with E-state index in [4.69, 9.17) is 9.47 Å². The van der Waals surface area contributed by atoms with Crippen molar-refractivity contribution in [2.24, 2.45) is 0 Å². The van der Waals surface area contributed by atoms with E-state index in [2.05, 4.69) is 23.8 Å². The van der Waals surface area contributed by atoms with Crippen LogP contribution in [0.1, 0.15) is 43.0 Å². The van der Waals surface area contributed by atoms with E-state index < -0.39 is 0 Å². The first-order valence-corrected chi connectivity index (χ1v) is 14.0. The number of para-hydroxylation sites is 2. The summed E-state index contributed by atoms with van der Waals surface area (Å²) in [5.41, 5.74) is 6.46. The molecule has 42 heavy (non-hydrogen) atoms. The Bertz CT molecular complexity index is 1510. The maximum absolute atomic E-state index is 14.0. The third-order valence-electron chi connectivity index (χ3n) is 7.15. The van der Waals surface area contributed by atoms with Crippen LogP contribution in [0, 0.1) is 0 Å². The largest absolute Gasteiger partial charge is 0.377 e. The molecule has 0 saturated carbocycles. The number of ether oxygens (including phenoxy) is 2. The van der Waals surface area contributed by atoms with Gasteiger partial charge in [-0.1, -0.05) is 72.8 Å². The molecule has 0 heterocycles. The summed E-state index contributed by atoms with van der Waals surface area (Å²) in [6.45, 7) is 9.43. The van der Waals surface area contributed by atoms with Crippen LogP contribution >= 0.6 is 0 Å². The van der Waals surface area contributed by atoms with Gasteiger partial charge >= 0.3 is 0 Å². The molecule has 0 aliphatic heterocycles. The van der Waals surface area contributed by atoms with Gasteiger partial charge in [0.15, 0.2) is 11.6 Å². The van der Waals surface area contributed by atoms with Crippen LogP contribution in [0.4, 0.5) is 22.7 Å². The maximum atomic E-state index is 14.0. The lowest BCUT2D eigenvalue weighted by Gasteiger charge is -2.25. The van der Waals surface area contributed by atoms with Gasteiger partial charge in [0.2, 0.25) is 0 Å². The Labute approximate surface area is 246 Å². The molecule has 0 bridgehead atoms. The lowest BCUT2D eigenvalue weighted by Crippen LogP contribution is -2.23. The highest BCUT2D eigenvalue weighted by molar-refractivity contribution is 6.32. The van der Waals surface area contributed by atoms with Gasteiger partial charge in [-0.2, -0.15) is 0 Å². The van der Waals surface area contributed by atoms with Gasteiger partial charge in [0.25, 0.3) is 0 Å². The molecule has 0 aromatic heterocycles. The molecule has 0 fully saturated rings. The monoisotopic (exact) mass is 558 g/mol. The van der Waals surface area contributed by atoms with Crippen LogP contribution < -0.4 is 10.6 Å². The number of ketones is 2. The maximum Gasteiger partial charge on any atom is 0.196 e. The van der Waals surface area contributed by atoms with Crippen LogP contribution in [0.25, 0.3) is 0 Å². The Morgan fingerprint density at radius 3 is 1.38 bits per heavy atom. The van der Waals surface area contributed by atoms with Gasteiger partial charge in [-0.25, -0.2) is 0 Å². The first kappa shape index (κ1) is 28.7. The number of nitrogens with one attached hydrogen (secondary N) is 2. The summed E-state index contributed by atoms with van der Waals surface area (Å²) in [5, 5.41) is 6.93. The van der Waals surface area contributed by atoms with E-state index in [0.717, 1.165) is 22.5 Å². The number of carbonyl (C=O) groups is 2. The zero-order valence-corrected chi connectivity index (χ0v) is 23.5. The summed E-state index contributed by atoms with van der Waals surface area (Å²) in [4.78, 5) is 28.0. The smallest absolute Gasteiger partial charge is 0.196 e. The number of hydrogen-bond acceptors (Lipinski definition) is 6. The zero-order chi connectivity index (χ0) is 29.3. The van der Waals surface area contributed by atoms with Crippen LogP contribution in [-0.4, -0.2) is 38.0 Å². The Balaban J connectivity index is 1.53. The number of hydrogen-bond donors (Lipinski definition) is 2. The number of rotatable bonds is 14. The van der Waals surface area contributed by atoms with Gasteiger partial charge in [0.1, 0.15) is 0 Å². The minimum Gasteiger partial charge on any atom is -0.377 e. The molecule has 4 aromatic carbocycles. The molecule has 0 amide bonds. The van der Waals surface area contributed by atoms with Crippen molar-refractivity contribution in [2.75, 3.05) is 37.1 Å². The molecule has 1 aliphatic rings. The fourth-order valence-electron chi connectivity index (χ4n) is 5.14. The predicted octanol–water partition coefficient (Wildman–Crippen LogP) is 7.44. The molecule has 0 atom stereocenters. The summed E-state index contributed by atoms with van der Waals surface area (Å²) in [7, 11) is 0. The standard InChI is InChI=1S/C36H34N2O4/c1-3-21-41-23-19-25-11-5-9-15-29(25)37-31-17-18-32(38-30-16-10-6-12-26(30)20-24-42-22-4-2)34-33(31)35(39)27-13-7-8-14-28(27)36(34)40/h3-18,37-38H,1-2,19-24H2. The van der Waals surface area contributed by atoms with Gasteiger partial charge < -0.3 is 20.1 Å². The highest BCUT2D eigenvalue weighted by atomic mass is 16.5. The summed E-state index contributed by atoms with van der Waals surface area (Å²) in [6.07, 6.45) is 4.81. The number of carbonyl (C=O) groups excluding carboxylic acids is 2. The quantitative estimate of drug-likeness (QED) is 0.109. The first-order chi connectivity index (χ1) is 20.6. The summed E-state index contributed by atoms with van der Waals surface area (Å²) >= 11 is 0. The Hall–Kier alpha value is -4.78. The highest BCUT2D eigenvalue weighted by Crippen LogP contribution is 2.39. The van der Waals surface area contributed by atoms with E-state index in [-0.39, 0.29) is 11.6 Å². The second kappa shape index (κ2) is 13.7. The van der Waals surface area contributed by atoms with Gasteiger partial charge in [0, 0.05) is 22.5 Å². The molecule has 4 aromatic rings. The SMILES string of the molecule is C=CCOCCc1ccccc1Nc1ccc(Nc2ccccc2CCOCC=C)c2c1C(=O)c1ccccc1C2=O.